The maximum Gasteiger partial charge on any atom is 0.258 e. The van der Waals surface area contributed by atoms with Crippen molar-refractivity contribution in [1.82, 2.24) is 0 Å². The molecule has 0 spiro atoms. The van der Waals surface area contributed by atoms with Crippen molar-refractivity contribution in [2.45, 2.75) is 13.8 Å². The first-order valence-electron chi connectivity index (χ1n) is 8.62. The molecule has 6 heteroatoms. The van der Waals surface area contributed by atoms with Gasteiger partial charge in [0, 0.05) is 24.3 Å². The molecule has 0 aliphatic carbocycles. The van der Waals surface area contributed by atoms with Crippen molar-refractivity contribution >= 4 is 35.0 Å². The van der Waals surface area contributed by atoms with Gasteiger partial charge in [0.05, 0.1) is 11.4 Å². The fraction of sp³-hybridized carbons (Fsp3) is 0.0909. The van der Waals surface area contributed by atoms with Crippen molar-refractivity contribution in [1.29, 1.82) is 0 Å². The van der Waals surface area contributed by atoms with Crippen LogP contribution in [0.1, 0.15) is 11.1 Å². The fourth-order valence-corrected chi connectivity index (χ4v) is 2.70. The summed E-state index contributed by atoms with van der Waals surface area (Å²) >= 11 is 0. The summed E-state index contributed by atoms with van der Waals surface area (Å²) in [6.07, 6.45) is 5.12. The van der Waals surface area contributed by atoms with Gasteiger partial charge in [0.1, 0.15) is 0 Å². The normalized spacial score (nSPS) is 15.4. The largest absolute Gasteiger partial charge is 0.269 e. The standard InChI is InChI=1S/2C11H9NO2/c2*1-8-2-4-9(5-3-8)12-10(13)6-7-11(12)14/h2*2-7H,1H3. The van der Waals surface area contributed by atoms with Crippen molar-refractivity contribution < 1.29 is 19.2 Å². The molecule has 2 heterocycles. The molecule has 0 fully saturated rings. The summed E-state index contributed by atoms with van der Waals surface area (Å²) in [5.41, 5.74) is 3.44. The quantitative estimate of drug-likeness (QED) is 0.758. The van der Waals surface area contributed by atoms with Gasteiger partial charge in [-0.2, -0.15) is 0 Å². The highest BCUT2D eigenvalue weighted by Crippen LogP contribution is 2.19. The van der Waals surface area contributed by atoms with Gasteiger partial charge in [-0.25, -0.2) is 9.80 Å². The first kappa shape index (κ1) is 19.0. The number of anilines is 2. The summed E-state index contributed by atoms with van der Waals surface area (Å²) in [6, 6.07) is 14.5. The summed E-state index contributed by atoms with van der Waals surface area (Å²) in [5, 5.41) is 0. The molecule has 0 atom stereocenters. The van der Waals surface area contributed by atoms with E-state index in [1.807, 2.05) is 38.1 Å². The Hall–Kier alpha value is -3.80. The van der Waals surface area contributed by atoms with E-state index in [-0.39, 0.29) is 23.6 Å². The molecule has 6 nitrogen and oxygen atoms in total. The topological polar surface area (TPSA) is 74.8 Å². The third kappa shape index (κ3) is 3.96. The number of benzene rings is 2. The molecule has 0 saturated carbocycles. The lowest BCUT2D eigenvalue weighted by Crippen LogP contribution is -2.29. The number of hydrogen-bond acceptors (Lipinski definition) is 4. The van der Waals surface area contributed by atoms with Gasteiger partial charge in [0.25, 0.3) is 23.6 Å². The van der Waals surface area contributed by atoms with Crippen LogP contribution in [0.15, 0.2) is 72.8 Å². The van der Waals surface area contributed by atoms with E-state index in [2.05, 4.69) is 0 Å². The summed E-state index contributed by atoms with van der Waals surface area (Å²) in [6.45, 7) is 3.91. The number of aryl methyl sites for hydroxylation is 2. The van der Waals surface area contributed by atoms with Crippen molar-refractivity contribution in [3.8, 4) is 0 Å². The highest BCUT2D eigenvalue weighted by atomic mass is 16.2. The molecule has 2 aliphatic heterocycles. The third-order valence-corrected chi connectivity index (χ3v) is 4.20. The lowest BCUT2D eigenvalue weighted by molar-refractivity contribution is -0.121. The molecular formula is C22H18N2O4. The first-order valence-corrected chi connectivity index (χ1v) is 8.62. The van der Waals surface area contributed by atoms with Gasteiger partial charge >= 0.3 is 0 Å². The Morgan fingerprint density at radius 3 is 0.964 bits per heavy atom. The number of nitrogens with zero attached hydrogens (tertiary/aromatic N) is 2. The molecule has 0 bridgehead atoms. The summed E-state index contributed by atoms with van der Waals surface area (Å²) in [4.78, 5) is 47.5. The Balaban J connectivity index is 0.000000161. The van der Waals surface area contributed by atoms with E-state index in [4.69, 9.17) is 0 Å². The van der Waals surface area contributed by atoms with Crippen molar-refractivity contribution in [2.24, 2.45) is 0 Å². The van der Waals surface area contributed by atoms with E-state index in [1.54, 1.807) is 24.3 Å². The monoisotopic (exact) mass is 374 g/mol. The van der Waals surface area contributed by atoms with Crippen LogP contribution >= 0.6 is 0 Å². The number of imide groups is 2. The van der Waals surface area contributed by atoms with E-state index < -0.39 is 0 Å². The second-order valence-electron chi connectivity index (χ2n) is 6.36. The van der Waals surface area contributed by atoms with Gasteiger partial charge in [-0.15, -0.1) is 0 Å². The minimum absolute atomic E-state index is 0.279. The Morgan fingerprint density at radius 1 is 0.464 bits per heavy atom. The molecule has 0 saturated heterocycles. The maximum absolute atomic E-state index is 11.3. The summed E-state index contributed by atoms with van der Waals surface area (Å²) in [7, 11) is 0. The summed E-state index contributed by atoms with van der Waals surface area (Å²) < 4.78 is 0. The SMILES string of the molecule is Cc1ccc(N2C(=O)C=CC2=O)cc1.Cc1ccc(N2C(=O)C=CC2=O)cc1. The second kappa shape index (κ2) is 7.84. The molecule has 4 amide bonds. The molecule has 2 aromatic carbocycles. The van der Waals surface area contributed by atoms with Crippen molar-refractivity contribution in [2.75, 3.05) is 9.80 Å². The molecule has 0 radical (unpaired) electrons. The number of amides is 4. The molecule has 2 aliphatic rings. The Morgan fingerprint density at radius 2 is 0.714 bits per heavy atom. The van der Waals surface area contributed by atoms with Crippen LogP contribution in [0, 0.1) is 13.8 Å². The average molecular weight is 374 g/mol. The van der Waals surface area contributed by atoms with Crippen LogP contribution in [0.3, 0.4) is 0 Å². The Bertz CT molecular complexity index is 882. The van der Waals surface area contributed by atoms with Gasteiger partial charge in [-0.3, -0.25) is 19.2 Å². The smallest absolute Gasteiger partial charge is 0.258 e. The molecule has 0 aromatic heterocycles. The zero-order valence-electron chi connectivity index (χ0n) is 15.5. The zero-order valence-corrected chi connectivity index (χ0v) is 15.5. The fourth-order valence-electron chi connectivity index (χ4n) is 2.70. The van der Waals surface area contributed by atoms with Crippen molar-refractivity contribution in [3.05, 3.63) is 84.0 Å². The summed E-state index contributed by atoms with van der Waals surface area (Å²) in [5.74, 6) is -1.12. The van der Waals surface area contributed by atoms with E-state index in [0.717, 1.165) is 20.9 Å². The highest BCUT2D eigenvalue weighted by molar-refractivity contribution is 6.28. The lowest BCUT2D eigenvalue weighted by atomic mass is 10.2. The van der Waals surface area contributed by atoms with Gasteiger partial charge in [-0.05, 0) is 38.1 Å². The van der Waals surface area contributed by atoms with E-state index >= 15 is 0 Å². The number of rotatable bonds is 2. The van der Waals surface area contributed by atoms with Crippen LogP contribution in [0.25, 0.3) is 0 Å². The highest BCUT2D eigenvalue weighted by Gasteiger charge is 2.25. The number of hydrogen-bond donors (Lipinski definition) is 0. The molecular weight excluding hydrogens is 356 g/mol. The third-order valence-electron chi connectivity index (χ3n) is 4.20. The van der Waals surface area contributed by atoms with Crippen LogP contribution in [-0.2, 0) is 19.2 Å². The second-order valence-corrected chi connectivity index (χ2v) is 6.36. The van der Waals surface area contributed by atoms with Crippen LogP contribution in [-0.4, -0.2) is 23.6 Å². The lowest BCUT2D eigenvalue weighted by Gasteiger charge is -2.13. The van der Waals surface area contributed by atoms with Crippen LogP contribution in [0.2, 0.25) is 0 Å². The van der Waals surface area contributed by atoms with E-state index in [1.165, 1.54) is 24.3 Å². The van der Waals surface area contributed by atoms with Gasteiger partial charge in [0.2, 0.25) is 0 Å². The van der Waals surface area contributed by atoms with Gasteiger partial charge in [-0.1, -0.05) is 35.4 Å². The van der Waals surface area contributed by atoms with Crippen LogP contribution in [0.5, 0.6) is 0 Å². The molecule has 0 unspecified atom stereocenters. The van der Waals surface area contributed by atoms with E-state index in [9.17, 15) is 19.2 Å². The maximum atomic E-state index is 11.3. The predicted octanol–water partition coefficient (Wildman–Crippen LogP) is 2.85. The van der Waals surface area contributed by atoms with Crippen molar-refractivity contribution in [3.63, 3.8) is 0 Å². The van der Waals surface area contributed by atoms with E-state index in [0.29, 0.717) is 11.4 Å². The number of carbonyl (C=O) groups is 4. The average Bonchev–Trinajstić information content (AvgIpc) is 3.19. The minimum Gasteiger partial charge on any atom is -0.269 e. The molecule has 2 aromatic rings. The van der Waals surface area contributed by atoms with Crippen LogP contribution in [0.4, 0.5) is 11.4 Å². The molecule has 140 valence electrons. The number of carbonyl (C=O) groups excluding carboxylic acids is 4. The zero-order chi connectivity index (χ0) is 20.3. The molecule has 4 rings (SSSR count). The first-order chi connectivity index (χ1) is 13.4. The predicted molar refractivity (Wildman–Crippen MR) is 106 cm³/mol. The van der Waals surface area contributed by atoms with Crippen LogP contribution < -0.4 is 9.80 Å². The minimum atomic E-state index is -0.279. The Kier molecular flexibility index (Phi) is 5.31. The van der Waals surface area contributed by atoms with Gasteiger partial charge in [0.15, 0.2) is 0 Å². The molecule has 28 heavy (non-hydrogen) atoms. The molecule has 0 N–H and O–H groups in total. The Labute approximate surface area is 162 Å². The van der Waals surface area contributed by atoms with Gasteiger partial charge < -0.3 is 0 Å².